The maximum atomic E-state index is 13.4. The number of carbonyl (C=O) groups is 2. The van der Waals surface area contributed by atoms with Crippen molar-refractivity contribution in [1.82, 2.24) is 5.32 Å². The maximum Gasteiger partial charge on any atom is 0.255 e. The van der Waals surface area contributed by atoms with Gasteiger partial charge in [-0.15, -0.1) is 0 Å². The van der Waals surface area contributed by atoms with Gasteiger partial charge in [0.25, 0.3) is 5.91 Å². The van der Waals surface area contributed by atoms with Crippen molar-refractivity contribution in [2.45, 2.75) is 18.9 Å². The summed E-state index contributed by atoms with van der Waals surface area (Å²) in [6.45, 7) is 0. The molecule has 1 aromatic carbocycles. The van der Waals surface area contributed by atoms with Crippen LogP contribution in [0.4, 0.5) is 8.78 Å². The molecule has 0 heterocycles. The highest BCUT2D eigenvalue weighted by atomic mass is 19.2. The maximum absolute atomic E-state index is 13.4. The Morgan fingerprint density at radius 2 is 2.11 bits per heavy atom. The number of rotatable bonds is 5. The van der Waals surface area contributed by atoms with Crippen molar-refractivity contribution in [2.75, 3.05) is 0 Å². The third kappa shape index (κ3) is 3.74. The molecule has 1 atom stereocenters. The molecule has 0 aromatic heterocycles. The molecule has 0 saturated carbocycles. The van der Waals surface area contributed by atoms with Crippen LogP contribution in [0.1, 0.15) is 23.2 Å². The Labute approximate surface area is 108 Å². The smallest absolute Gasteiger partial charge is 0.255 e. The van der Waals surface area contributed by atoms with E-state index < -0.39 is 35.1 Å². The van der Waals surface area contributed by atoms with Crippen molar-refractivity contribution >= 4 is 11.8 Å². The summed E-state index contributed by atoms with van der Waals surface area (Å²) < 4.78 is 26.3. The van der Waals surface area contributed by atoms with Crippen LogP contribution in [0.3, 0.4) is 0 Å². The molecule has 0 bridgehead atoms. The third-order valence-corrected chi connectivity index (χ3v) is 2.39. The summed E-state index contributed by atoms with van der Waals surface area (Å²) in [5, 5.41) is 10.6. The number of benzene rings is 1. The van der Waals surface area contributed by atoms with E-state index in [1.165, 1.54) is 6.07 Å². The first kappa shape index (κ1) is 14.6. The van der Waals surface area contributed by atoms with Gasteiger partial charge in [-0.3, -0.25) is 9.59 Å². The Morgan fingerprint density at radius 1 is 1.42 bits per heavy atom. The van der Waals surface area contributed by atoms with E-state index in [4.69, 9.17) is 11.0 Å². The molecule has 0 spiro atoms. The minimum Gasteiger partial charge on any atom is -0.368 e. The van der Waals surface area contributed by atoms with Crippen molar-refractivity contribution < 1.29 is 18.4 Å². The summed E-state index contributed by atoms with van der Waals surface area (Å²) in [6.07, 6.45) is 0.00796. The Morgan fingerprint density at radius 3 is 2.68 bits per heavy atom. The fourth-order valence-corrected chi connectivity index (χ4v) is 1.41. The largest absolute Gasteiger partial charge is 0.368 e. The number of nitriles is 1. The molecule has 0 aliphatic carbocycles. The Balaban J connectivity index is 2.85. The predicted molar refractivity (Wildman–Crippen MR) is 61.7 cm³/mol. The van der Waals surface area contributed by atoms with E-state index in [1.807, 2.05) is 0 Å². The zero-order valence-electron chi connectivity index (χ0n) is 9.82. The second-order valence-corrected chi connectivity index (χ2v) is 3.73. The highest BCUT2D eigenvalue weighted by molar-refractivity contribution is 5.97. The van der Waals surface area contributed by atoms with Gasteiger partial charge < -0.3 is 11.1 Å². The number of carbonyl (C=O) groups excluding carboxylic acids is 2. The first-order valence-electron chi connectivity index (χ1n) is 5.38. The summed E-state index contributed by atoms with van der Waals surface area (Å²) in [7, 11) is 0. The van der Waals surface area contributed by atoms with E-state index in [2.05, 4.69) is 5.32 Å². The molecule has 100 valence electrons. The predicted octanol–water partition coefficient (Wildman–Crippen LogP) is 0.852. The highest BCUT2D eigenvalue weighted by Crippen LogP contribution is 2.11. The standard InChI is InChI=1S/C12H11F2N3O2/c13-8-4-1-3-7(10(8)14)12(19)17-9(11(16)18)5-2-6-15/h1,3-4,9H,2,5H2,(H2,16,18)(H,17,19)/t9-/m0/s1. The fourth-order valence-electron chi connectivity index (χ4n) is 1.41. The average Bonchev–Trinajstić information content (AvgIpc) is 2.37. The van der Waals surface area contributed by atoms with Gasteiger partial charge in [-0.05, 0) is 18.6 Å². The van der Waals surface area contributed by atoms with Gasteiger partial charge in [0, 0.05) is 6.42 Å². The minimum atomic E-state index is -1.30. The van der Waals surface area contributed by atoms with Crippen molar-refractivity contribution in [3.05, 3.63) is 35.4 Å². The van der Waals surface area contributed by atoms with Gasteiger partial charge in [0.2, 0.25) is 5.91 Å². The average molecular weight is 267 g/mol. The van der Waals surface area contributed by atoms with Crippen LogP contribution in [0, 0.1) is 23.0 Å². The van der Waals surface area contributed by atoms with Crippen LogP contribution in [0.5, 0.6) is 0 Å². The van der Waals surface area contributed by atoms with Gasteiger partial charge >= 0.3 is 0 Å². The van der Waals surface area contributed by atoms with Crippen LogP contribution in [-0.4, -0.2) is 17.9 Å². The van der Waals surface area contributed by atoms with Crippen molar-refractivity contribution in [2.24, 2.45) is 5.73 Å². The molecular formula is C12H11F2N3O2. The molecule has 19 heavy (non-hydrogen) atoms. The van der Waals surface area contributed by atoms with Crippen molar-refractivity contribution in [1.29, 1.82) is 5.26 Å². The molecule has 0 unspecified atom stereocenters. The number of nitrogens with two attached hydrogens (primary N) is 1. The lowest BCUT2D eigenvalue weighted by molar-refractivity contribution is -0.119. The topological polar surface area (TPSA) is 96.0 Å². The summed E-state index contributed by atoms with van der Waals surface area (Å²) in [6, 6.07) is 3.81. The van der Waals surface area contributed by atoms with Gasteiger partial charge in [0.15, 0.2) is 11.6 Å². The number of nitrogens with one attached hydrogen (secondary N) is 1. The summed E-state index contributed by atoms with van der Waals surface area (Å²) >= 11 is 0. The van der Waals surface area contributed by atoms with Gasteiger partial charge in [-0.2, -0.15) is 5.26 Å². The lowest BCUT2D eigenvalue weighted by Crippen LogP contribution is -2.44. The molecule has 0 fully saturated rings. The molecule has 5 nitrogen and oxygen atoms in total. The second-order valence-electron chi connectivity index (χ2n) is 3.73. The summed E-state index contributed by atoms with van der Waals surface area (Å²) in [5.74, 6) is -4.28. The Kier molecular flexibility index (Phi) is 4.94. The molecule has 1 aromatic rings. The van der Waals surface area contributed by atoms with E-state index in [9.17, 15) is 18.4 Å². The molecule has 0 saturated heterocycles. The zero-order chi connectivity index (χ0) is 14.4. The van der Waals surface area contributed by atoms with Crippen molar-refractivity contribution in [3.8, 4) is 6.07 Å². The number of hydrogen-bond acceptors (Lipinski definition) is 3. The van der Waals surface area contributed by atoms with E-state index in [1.54, 1.807) is 6.07 Å². The van der Waals surface area contributed by atoms with Crippen LogP contribution >= 0.6 is 0 Å². The first-order chi connectivity index (χ1) is 8.97. The van der Waals surface area contributed by atoms with Crippen LogP contribution < -0.4 is 11.1 Å². The third-order valence-electron chi connectivity index (χ3n) is 2.39. The Hall–Kier alpha value is -2.49. The number of primary amides is 1. The molecule has 0 aliphatic heterocycles. The van der Waals surface area contributed by atoms with E-state index in [0.717, 1.165) is 12.1 Å². The van der Waals surface area contributed by atoms with Crippen LogP contribution in [0.2, 0.25) is 0 Å². The number of hydrogen-bond donors (Lipinski definition) is 2. The SMILES string of the molecule is N#CCC[C@H](NC(=O)c1cccc(F)c1F)C(N)=O. The molecule has 7 heteroatoms. The fraction of sp³-hybridized carbons (Fsp3) is 0.250. The molecule has 3 N–H and O–H groups in total. The molecule has 0 radical (unpaired) electrons. The van der Waals surface area contributed by atoms with Gasteiger partial charge in [-0.25, -0.2) is 8.78 Å². The number of amides is 2. The molecule has 2 amide bonds. The van der Waals surface area contributed by atoms with Gasteiger partial charge in [0.1, 0.15) is 6.04 Å². The number of halogens is 2. The number of nitrogens with zero attached hydrogens (tertiary/aromatic N) is 1. The molecule has 0 aliphatic rings. The normalized spacial score (nSPS) is 11.4. The molecule has 1 rings (SSSR count). The van der Waals surface area contributed by atoms with Crippen LogP contribution in [0.15, 0.2) is 18.2 Å². The van der Waals surface area contributed by atoms with E-state index in [0.29, 0.717) is 0 Å². The monoisotopic (exact) mass is 267 g/mol. The zero-order valence-corrected chi connectivity index (χ0v) is 9.82. The quantitative estimate of drug-likeness (QED) is 0.827. The summed E-state index contributed by atoms with van der Waals surface area (Å²) in [5.41, 5.74) is 4.52. The van der Waals surface area contributed by atoms with Crippen LogP contribution in [-0.2, 0) is 4.79 Å². The minimum absolute atomic E-state index is 0.000477. The lowest BCUT2D eigenvalue weighted by atomic mass is 10.1. The molecular weight excluding hydrogens is 256 g/mol. The van der Waals surface area contributed by atoms with Crippen molar-refractivity contribution in [3.63, 3.8) is 0 Å². The van der Waals surface area contributed by atoms with Gasteiger partial charge in [0.05, 0.1) is 11.6 Å². The Bertz CT molecular complexity index is 540. The van der Waals surface area contributed by atoms with E-state index >= 15 is 0 Å². The van der Waals surface area contributed by atoms with Gasteiger partial charge in [-0.1, -0.05) is 6.07 Å². The summed E-state index contributed by atoms with van der Waals surface area (Å²) in [4.78, 5) is 22.7. The highest BCUT2D eigenvalue weighted by Gasteiger charge is 2.21. The second kappa shape index (κ2) is 6.44. The first-order valence-corrected chi connectivity index (χ1v) is 5.38. The lowest BCUT2D eigenvalue weighted by Gasteiger charge is -2.14. The van der Waals surface area contributed by atoms with Crippen LogP contribution in [0.25, 0.3) is 0 Å². The van der Waals surface area contributed by atoms with E-state index in [-0.39, 0.29) is 12.8 Å².